The predicted octanol–water partition coefficient (Wildman–Crippen LogP) is 3.41. The van der Waals surface area contributed by atoms with E-state index in [0.717, 1.165) is 24.3 Å². The molecule has 7 nitrogen and oxygen atoms in total. The van der Waals surface area contributed by atoms with Crippen LogP contribution in [0.5, 0.6) is 0 Å². The van der Waals surface area contributed by atoms with E-state index in [4.69, 9.17) is 0 Å². The zero-order valence-electron chi connectivity index (χ0n) is 12.6. The number of carbonyl (C=O) groups is 1. The van der Waals surface area contributed by atoms with Crippen molar-refractivity contribution in [1.82, 2.24) is 0 Å². The lowest BCUT2D eigenvalue weighted by molar-refractivity contribution is -0.384. The minimum absolute atomic E-state index is 0.00736. The second kappa shape index (κ2) is 6.75. The number of halogens is 3. The van der Waals surface area contributed by atoms with Crippen molar-refractivity contribution in [3.8, 4) is 11.1 Å². The first-order valence-electron chi connectivity index (χ1n) is 6.82. The summed E-state index contributed by atoms with van der Waals surface area (Å²) in [6, 6.07) is 4.79. The second-order valence-electron chi connectivity index (χ2n) is 4.71. The highest BCUT2D eigenvalue weighted by molar-refractivity contribution is 5.96. The molecule has 0 N–H and O–H groups in total. The molecule has 132 valence electrons. The summed E-state index contributed by atoms with van der Waals surface area (Å²) >= 11 is 0. The van der Waals surface area contributed by atoms with Gasteiger partial charge in [0.15, 0.2) is 5.56 Å². The maximum Gasteiger partial charge on any atom is 0.449 e. The van der Waals surface area contributed by atoms with Gasteiger partial charge in [0.25, 0.3) is 5.69 Å². The average Bonchev–Trinajstić information content (AvgIpc) is 2.53. The molecule has 2 rings (SSSR count). The summed E-state index contributed by atoms with van der Waals surface area (Å²) in [4.78, 5) is 33.8. The van der Waals surface area contributed by atoms with Crippen LogP contribution >= 0.6 is 0 Å². The van der Waals surface area contributed by atoms with Crippen LogP contribution in [-0.2, 0) is 10.9 Å². The van der Waals surface area contributed by atoms with Gasteiger partial charge in [0.1, 0.15) is 0 Å². The van der Waals surface area contributed by atoms with Gasteiger partial charge in [0.2, 0.25) is 5.76 Å². The van der Waals surface area contributed by atoms with Crippen LogP contribution in [0.15, 0.2) is 39.5 Å². The Labute approximate surface area is 137 Å². The molecule has 0 saturated heterocycles. The normalized spacial score (nSPS) is 11.2. The van der Waals surface area contributed by atoms with Gasteiger partial charge in [-0.1, -0.05) is 0 Å². The van der Waals surface area contributed by atoms with Crippen LogP contribution in [0.3, 0.4) is 0 Å². The summed E-state index contributed by atoms with van der Waals surface area (Å²) in [6.45, 7) is 1.34. The first kappa shape index (κ1) is 18.2. The Balaban J connectivity index is 2.71. The SMILES string of the molecule is CCOC(=O)c1c(-c2ccc([N+](=O)[O-])cc2)cc(C(F)(F)F)oc1=O. The Morgan fingerprint density at radius 2 is 1.88 bits per heavy atom. The molecule has 0 saturated carbocycles. The molecule has 0 radical (unpaired) electrons. The second-order valence-corrected chi connectivity index (χ2v) is 4.71. The van der Waals surface area contributed by atoms with E-state index in [0.29, 0.717) is 6.07 Å². The van der Waals surface area contributed by atoms with Crippen LogP contribution in [-0.4, -0.2) is 17.5 Å². The van der Waals surface area contributed by atoms with Crippen molar-refractivity contribution in [2.75, 3.05) is 6.61 Å². The highest BCUT2D eigenvalue weighted by Crippen LogP contribution is 2.33. The van der Waals surface area contributed by atoms with Crippen LogP contribution in [0, 0.1) is 10.1 Å². The average molecular weight is 357 g/mol. The largest absolute Gasteiger partial charge is 0.462 e. The molecule has 0 atom stereocenters. The zero-order chi connectivity index (χ0) is 18.8. The Kier molecular flexibility index (Phi) is 4.91. The standard InChI is InChI=1S/C15H10F3NO6/c1-2-24-13(20)12-10(7-11(15(16,17)18)25-14(12)21)8-3-5-9(6-4-8)19(22)23/h3-7H,2H2,1H3. The fourth-order valence-electron chi connectivity index (χ4n) is 2.02. The highest BCUT2D eigenvalue weighted by atomic mass is 19.4. The van der Waals surface area contributed by atoms with Gasteiger partial charge < -0.3 is 9.15 Å². The van der Waals surface area contributed by atoms with Crippen LogP contribution in [0.25, 0.3) is 11.1 Å². The molecule has 1 heterocycles. The van der Waals surface area contributed by atoms with Gasteiger partial charge in [-0.25, -0.2) is 9.59 Å². The zero-order valence-corrected chi connectivity index (χ0v) is 12.6. The Morgan fingerprint density at radius 1 is 1.28 bits per heavy atom. The van der Waals surface area contributed by atoms with Gasteiger partial charge in [0.05, 0.1) is 11.5 Å². The predicted molar refractivity (Wildman–Crippen MR) is 78.0 cm³/mol. The third kappa shape index (κ3) is 3.84. The smallest absolute Gasteiger partial charge is 0.449 e. The molecular weight excluding hydrogens is 347 g/mol. The molecule has 0 amide bonds. The number of nitro groups is 1. The van der Waals surface area contributed by atoms with Crippen molar-refractivity contribution in [2.45, 2.75) is 13.1 Å². The van der Waals surface area contributed by atoms with Crippen molar-refractivity contribution in [2.24, 2.45) is 0 Å². The number of benzene rings is 1. The number of hydrogen-bond donors (Lipinski definition) is 0. The first-order valence-corrected chi connectivity index (χ1v) is 6.82. The number of carbonyl (C=O) groups excluding carboxylic acids is 1. The van der Waals surface area contributed by atoms with Crippen molar-refractivity contribution in [1.29, 1.82) is 0 Å². The molecular formula is C15H10F3NO6. The minimum atomic E-state index is -4.96. The molecule has 0 bridgehead atoms. The maximum atomic E-state index is 12.9. The fourth-order valence-corrected chi connectivity index (χ4v) is 2.02. The number of ether oxygens (including phenoxy) is 1. The first-order chi connectivity index (χ1) is 11.6. The van der Waals surface area contributed by atoms with E-state index >= 15 is 0 Å². The van der Waals surface area contributed by atoms with E-state index in [9.17, 15) is 32.9 Å². The van der Waals surface area contributed by atoms with Crippen molar-refractivity contribution in [3.63, 3.8) is 0 Å². The van der Waals surface area contributed by atoms with E-state index < -0.39 is 39.6 Å². The number of nitro benzene ring substituents is 1. The number of esters is 1. The lowest BCUT2D eigenvalue weighted by Gasteiger charge is -2.11. The lowest BCUT2D eigenvalue weighted by atomic mass is 10.0. The van der Waals surface area contributed by atoms with Crippen LogP contribution in [0.1, 0.15) is 23.0 Å². The molecule has 1 aromatic heterocycles. The van der Waals surface area contributed by atoms with Crippen LogP contribution in [0.4, 0.5) is 18.9 Å². The highest BCUT2D eigenvalue weighted by Gasteiger charge is 2.36. The topological polar surface area (TPSA) is 99.7 Å². The third-order valence-electron chi connectivity index (χ3n) is 3.10. The van der Waals surface area contributed by atoms with Crippen molar-refractivity contribution >= 4 is 11.7 Å². The molecule has 0 aliphatic rings. The molecule has 0 aliphatic carbocycles. The molecule has 10 heteroatoms. The summed E-state index contributed by atoms with van der Waals surface area (Å²) in [6.07, 6.45) is -4.96. The monoisotopic (exact) mass is 357 g/mol. The molecule has 1 aromatic carbocycles. The van der Waals surface area contributed by atoms with Crippen molar-refractivity contribution < 1.29 is 32.0 Å². The van der Waals surface area contributed by atoms with Crippen LogP contribution < -0.4 is 5.63 Å². The lowest BCUT2D eigenvalue weighted by Crippen LogP contribution is -2.21. The summed E-state index contributed by atoms with van der Waals surface area (Å²) in [7, 11) is 0. The van der Waals surface area contributed by atoms with Gasteiger partial charge in [-0.3, -0.25) is 10.1 Å². The van der Waals surface area contributed by atoms with E-state index in [-0.39, 0.29) is 17.9 Å². The fraction of sp³-hybridized carbons (Fsp3) is 0.200. The number of non-ortho nitro benzene ring substituents is 1. The van der Waals surface area contributed by atoms with Gasteiger partial charge >= 0.3 is 17.8 Å². The molecule has 0 unspecified atom stereocenters. The van der Waals surface area contributed by atoms with E-state index in [1.54, 1.807) is 0 Å². The number of hydrogen-bond acceptors (Lipinski definition) is 6. The minimum Gasteiger partial charge on any atom is -0.462 e. The molecule has 2 aromatic rings. The molecule has 0 fully saturated rings. The Morgan fingerprint density at radius 3 is 2.36 bits per heavy atom. The van der Waals surface area contributed by atoms with E-state index in [1.807, 2.05) is 0 Å². The quantitative estimate of drug-likeness (QED) is 0.472. The van der Waals surface area contributed by atoms with Gasteiger partial charge in [0, 0.05) is 17.7 Å². The Hall–Kier alpha value is -3.17. The van der Waals surface area contributed by atoms with Gasteiger partial charge in [-0.05, 0) is 30.7 Å². The molecule has 0 aliphatic heterocycles. The van der Waals surface area contributed by atoms with Crippen LogP contribution in [0.2, 0.25) is 0 Å². The van der Waals surface area contributed by atoms with Gasteiger partial charge in [-0.2, -0.15) is 13.2 Å². The summed E-state index contributed by atoms with van der Waals surface area (Å²) in [5.74, 6) is -2.75. The van der Waals surface area contributed by atoms with Gasteiger partial charge in [-0.15, -0.1) is 0 Å². The number of nitrogens with zero attached hydrogens (tertiary/aromatic N) is 1. The number of rotatable bonds is 4. The summed E-state index contributed by atoms with van der Waals surface area (Å²) < 4.78 is 47.5. The van der Waals surface area contributed by atoms with Crippen molar-refractivity contribution in [3.05, 3.63) is 62.2 Å². The summed E-state index contributed by atoms with van der Waals surface area (Å²) in [5.41, 5.74) is -2.94. The van der Waals surface area contributed by atoms with E-state index in [2.05, 4.69) is 9.15 Å². The maximum absolute atomic E-state index is 12.9. The Bertz CT molecular complexity index is 870. The molecule has 0 spiro atoms. The van der Waals surface area contributed by atoms with E-state index in [1.165, 1.54) is 6.92 Å². The molecule has 25 heavy (non-hydrogen) atoms. The third-order valence-corrected chi connectivity index (χ3v) is 3.10. The number of alkyl halides is 3. The summed E-state index contributed by atoms with van der Waals surface area (Å²) in [5, 5.41) is 10.7.